The predicted octanol–water partition coefficient (Wildman–Crippen LogP) is 11.2. The smallest absolute Gasteiger partial charge is 0.317 e. The van der Waals surface area contributed by atoms with E-state index in [0.29, 0.717) is 0 Å². The normalized spacial score (nSPS) is 16.4. The Morgan fingerprint density at radius 2 is 1.14 bits per heavy atom. The molecule has 2 aliphatic rings. The number of benzene rings is 4. The number of nitrogens with one attached hydrogen (secondary N) is 1. The second kappa shape index (κ2) is 17.0. The summed E-state index contributed by atoms with van der Waals surface area (Å²) in [6.07, 6.45) is 10.5. The Bertz CT molecular complexity index is 1790. The van der Waals surface area contributed by atoms with Gasteiger partial charge < -0.3 is 14.8 Å². The molecule has 0 radical (unpaired) electrons. The van der Waals surface area contributed by atoms with Crippen molar-refractivity contribution in [2.75, 3.05) is 11.2 Å². The van der Waals surface area contributed by atoms with Crippen LogP contribution in [-0.2, 0) is 14.1 Å². The second-order valence-corrected chi connectivity index (χ2v) is 20.0. The molecular formula is C43H55NO5PS+. The lowest BCUT2D eigenvalue weighted by atomic mass is 9.99. The Hall–Kier alpha value is -3.38. The van der Waals surface area contributed by atoms with Gasteiger partial charge in [0.15, 0.2) is 0 Å². The maximum Gasteiger partial charge on any atom is 0.317 e. The minimum atomic E-state index is -4.06. The Morgan fingerprint density at radius 1 is 0.627 bits per heavy atom. The van der Waals surface area contributed by atoms with Crippen LogP contribution in [0.1, 0.15) is 91.9 Å². The van der Waals surface area contributed by atoms with Crippen molar-refractivity contribution >= 4 is 28.6 Å². The van der Waals surface area contributed by atoms with Crippen LogP contribution in [0.15, 0.2) is 97.1 Å². The first-order valence-electron chi connectivity index (χ1n) is 18.9. The van der Waals surface area contributed by atoms with Crippen molar-refractivity contribution in [1.29, 1.82) is 0 Å². The van der Waals surface area contributed by atoms with Crippen molar-refractivity contribution in [2.24, 2.45) is 0 Å². The van der Waals surface area contributed by atoms with Gasteiger partial charge in [-0.25, -0.2) is 0 Å². The molecule has 0 aromatic heterocycles. The molecule has 1 N–H and O–H groups in total. The van der Waals surface area contributed by atoms with Gasteiger partial charge in [-0.2, -0.15) is 8.42 Å². The van der Waals surface area contributed by atoms with Crippen molar-refractivity contribution < 1.29 is 21.9 Å². The lowest BCUT2D eigenvalue weighted by Crippen LogP contribution is -2.38. The van der Waals surface area contributed by atoms with Crippen molar-refractivity contribution in [1.82, 2.24) is 0 Å². The first-order chi connectivity index (χ1) is 24.7. The fourth-order valence-electron chi connectivity index (χ4n) is 8.14. The van der Waals surface area contributed by atoms with Crippen LogP contribution < -0.4 is 20.1 Å². The van der Waals surface area contributed by atoms with E-state index in [1.165, 1.54) is 12.8 Å². The SMILES string of the molecule is CC(C)Oc1cccc(OC(C)C)c1-c1ccccc1[P+](OS(=O)(=O)CNc1ccccc1-c1ccccc1)(C1CCCCC1)C1CCCCC1. The van der Waals surface area contributed by atoms with Gasteiger partial charge in [0.2, 0.25) is 7.49 Å². The molecular weight excluding hydrogens is 674 g/mol. The van der Waals surface area contributed by atoms with Crippen LogP contribution in [0.4, 0.5) is 5.69 Å². The fourth-order valence-corrected chi connectivity index (χ4v) is 16.0. The largest absolute Gasteiger partial charge is 0.490 e. The first kappa shape index (κ1) is 37.4. The van der Waals surface area contributed by atoms with E-state index in [1.54, 1.807) is 0 Å². The molecule has 0 atom stereocenters. The van der Waals surface area contributed by atoms with Gasteiger partial charge in [-0.15, -0.1) is 3.97 Å². The summed E-state index contributed by atoms with van der Waals surface area (Å²) < 4.78 is 49.4. The van der Waals surface area contributed by atoms with Crippen LogP contribution in [0.25, 0.3) is 22.3 Å². The molecule has 2 aliphatic carbocycles. The summed E-state index contributed by atoms with van der Waals surface area (Å²) in [5.74, 6) is 1.17. The summed E-state index contributed by atoms with van der Waals surface area (Å²) in [4.78, 5) is 0. The third-order valence-corrected chi connectivity index (χ3v) is 16.9. The van der Waals surface area contributed by atoms with E-state index < -0.39 is 17.6 Å². The zero-order valence-electron chi connectivity index (χ0n) is 30.7. The van der Waals surface area contributed by atoms with E-state index in [1.807, 2.05) is 100 Å². The molecule has 0 bridgehead atoms. The maximum absolute atomic E-state index is 14.7. The number of hydrogen-bond acceptors (Lipinski definition) is 6. The third-order valence-electron chi connectivity index (χ3n) is 10.2. The molecule has 0 amide bonds. The lowest BCUT2D eigenvalue weighted by Gasteiger charge is -2.41. The van der Waals surface area contributed by atoms with Crippen LogP contribution in [0.2, 0.25) is 0 Å². The van der Waals surface area contributed by atoms with Crippen molar-refractivity contribution in [2.45, 2.75) is 115 Å². The minimum absolute atomic E-state index is 0.0529. The molecule has 6 rings (SSSR count). The Balaban J connectivity index is 1.50. The van der Waals surface area contributed by atoms with E-state index >= 15 is 0 Å². The monoisotopic (exact) mass is 728 g/mol. The summed E-state index contributed by atoms with van der Waals surface area (Å²) in [6.45, 7) is 8.13. The van der Waals surface area contributed by atoms with E-state index in [-0.39, 0.29) is 29.4 Å². The van der Waals surface area contributed by atoms with Crippen molar-refractivity contribution in [3.63, 3.8) is 0 Å². The van der Waals surface area contributed by atoms with Crippen LogP contribution in [-0.4, -0.2) is 37.8 Å². The van der Waals surface area contributed by atoms with Crippen molar-refractivity contribution in [3.8, 4) is 33.8 Å². The highest BCUT2D eigenvalue weighted by molar-refractivity contribution is 7.96. The third kappa shape index (κ3) is 8.81. The standard InChI is InChI=1S/C43H55NO5PS/c1-32(2)47-40-28-18-29-41(48-33(3)4)43(40)38-26-15-17-30-42(38)50(35-21-10-6-11-22-35,36-23-12-7-13-24-36)49-51(45,46)31-44-39-27-16-14-25-37(39)34-19-8-5-9-20-34/h5,8-9,14-20,25-30,32-33,35-36,44H,6-7,10-13,21-24,31H2,1-4H3/q+1. The Kier molecular flexibility index (Phi) is 12.4. The highest BCUT2D eigenvalue weighted by Crippen LogP contribution is 2.74. The second-order valence-electron chi connectivity index (χ2n) is 14.6. The molecule has 0 aliphatic heterocycles. The zero-order chi connectivity index (χ0) is 35.8. The van der Waals surface area contributed by atoms with Crippen LogP contribution >= 0.6 is 7.49 Å². The molecule has 2 saturated carbocycles. The highest BCUT2D eigenvalue weighted by atomic mass is 32.2. The topological polar surface area (TPSA) is 73.9 Å². The van der Waals surface area contributed by atoms with Gasteiger partial charge in [-0.05, 0) is 109 Å². The molecule has 0 spiro atoms. The maximum atomic E-state index is 14.7. The number of hydrogen-bond donors (Lipinski definition) is 1. The van der Waals surface area contributed by atoms with Crippen LogP contribution in [0, 0.1) is 0 Å². The van der Waals surface area contributed by atoms with Crippen LogP contribution in [0.3, 0.4) is 0 Å². The molecule has 0 heterocycles. The van der Waals surface area contributed by atoms with Crippen molar-refractivity contribution in [3.05, 3.63) is 97.1 Å². The molecule has 8 heteroatoms. The average molecular weight is 729 g/mol. The van der Waals surface area contributed by atoms with E-state index in [4.69, 9.17) is 13.4 Å². The van der Waals surface area contributed by atoms with E-state index in [0.717, 1.165) is 96.1 Å². The Morgan fingerprint density at radius 3 is 1.71 bits per heavy atom. The molecule has 6 nitrogen and oxygen atoms in total. The van der Waals surface area contributed by atoms with E-state index in [9.17, 15) is 8.42 Å². The highest BCUT2D eigenvalue weighted by Gasteiger charge is 2.60. The molecule has 272 valence electrons. The zero-order valence-corrected chi connectivity index (χ0v) is 32.4. The summed E-state index contributed by atoms with van der Waals surface area (Å²) in [7, 11) is -6.93. The van der Waals surface area contributed by atoms with Gasteiger partial charge in [0, 0.05) is 16.8 Å². The molecule has 2 fully saturated rings. The van der Waals surface area contributed by atoms with Gasteiger partial charge in [0.1, 0.15) is 34.0 Å². The number of rotatable bonds is 14. The number of anilines is 1. The number of para-hydroxylation sites is 1. The molecule has 4 aromatic carbocycles. The number of ether oxygens (including phenoxy) is 2. The van der Waals surface area contributed by atoms with Gasteiger partial charge in [-0.3, -0.25) is 0 Å². The van der Waals surface area contributed by atoms with Crippen LogP contribution in [0.5, 0.6) is 11.5 Å². The van der Waals surface area contributed by atoms with Gasteiger partial charge >= 0.3 is 10.1 Å². The molecule has 4 aromatic rings. The summed E-state index contributed by atoms with van der Waals surface area (Å²) >= 11 is 0. The average Bonchev–Trinajstić information content (AvgIpc) is 3.14. The first-order valence-corrected chi connectivity index (χ1v) is 22.4. The van der Waals surface area contributed by atoms with Gasteiger partial charge in [0.25, 0.3) is 0 Å². The lowest BCUT2D eigenvalue weighted by molar-refractivity contribution is 0.231. The summed E-state index contributed by atoms with van der Waals surface area (Å²) in [5, 5.41) is 4.34. The Labute approximate surface area is 306 Å². The fraction of sp³-hybridized carbons (Fsp3) is 0.442. The summed E-state index contributed by atoms with van der Waals surface area (Å²) in [6, 6.07) is 32.4. The molecule has 51 heavy (non-hydrogen) atoms. The van der Waals surface area contributed by atoms with E-state index in [2.05, 4.69) is 29.6 Å². The minimum Gasteiger partial charge on any atom is -0.490 e. The quantitative estimate of drug-likeness (QED) is 0.130. The van der Waals surface area contributed by atoms with Gasteiger partial charge in [0.05, 0.1) is 17.8 Å². The molecule has 0 unspecified atom stereocenters. The predicted molar refractivity (Wildman–Crippen MR) is 214 cm³/mol. The van der Waals surface area contributed by atoms with Gasteiger partial charge in [-0.1, -0.05) is 85.6 Å². The molecule has 0 saturated heterocycles. The summed E-state index contributed by atoms with van der Waals surface area (Å²) in [5.41, 5.74) is 4.89.